The number of carbonyl (C=O) groups is 1. The van der Waals surface area contributed by atoms with Gasteiger partial charge in [-0.05, 0) is 24.3 Å². The molecule has 128 valence electrons. The second kappa shape index (κ2) is 5.48. The fourth-order valence-corrected chi connectivity index (χ4v) is 2.09. The highest BCUT2D eigenvalue weighted by Gasteiger charge is 2.66. The van der Waals surface area contributed by atoms with Crippen molar-refractivity contribution in [3.63, 3.8) is 0 Å². The van der Waals surface area contributed by atoms with Gasteiger partial charge in [0.05, 0.1) is 25.0 Å². The van der Waals surface area contributed by atoms with Crippen LogP contribution in [0.25, 0.3) is 5.69 Å². The predicted molar refractivity (Wildman–Crippen MR) is 75.0 cm³/mol. The van der Waals surface area contributed by atoms with Gasteiger partial charge >= 0.3 is 6.18 Å². The number of carbonyl (C=O) groups excluding carboxylic acids is 1. The van der Waals surface area contributed by atoms with E-state index < -0.39 is 36.7 Å². The van der Waals surface area contributed by atoms with Crippen LogP contribution in [0.5, 0.6) is 0 Å². The van der Waals surface area contributed by atoms with Crippen molar-refractivity contribution in [3.8, 4) is 5.69 Å². The summed E-state index contributed by atoms with van der Waals surface area (Å²) in [5, 5.41) is 6.05. The lowest BCUT2D eigenvalue weighted by Gasteiger charge is -2.16. The number of amides is 1. The molecule has 1 aromatic heterocycles. The van der Waals surface area contributed by atoms with E-state index in [2.05, 4.69) is 15.2 Å². The highest BCUT2D eigenvalue weighted by Crippen LogP contribution is 2.43. The summed E-state index contributed by atoms with van der Waals surface area (Å²) < 4.78 is 56.8. The zero-order chi connectivity index (χ0) is 17.5. The lowest BCUT2D eigenvalue weighted by atomic mass is 10.1. The number of nitrogens with one attached hydrogen (secondary N) is 1. The first kappa shape index (κ1) is 16.2. The molecule has 0 saturated carbocycles. The molecule has 1 unspecified atom stereocenters. The van der Waals surface area contributed by atoms with Crippen molar-refractivity contribution in [2.75, 3.05) is 18.9 Å². The van der Waals surface area contributed by atoms with Crippen LogP contribution in [0.3, 0.4) is 0 Å². The summed E-state index contributed by atoms with van der Waals surface area (Å²) in [7, 11) is 0. The summed E-state index contributed by atoms with van der Waals surface area (Å²) in [6.07, 6.45) is -3.44. The van der Waals surface area contributed by atoms with Crippen LogP contribution in [0.2, 0.25) is 0 Å². The standard InChI is InChI=1S/C14H12F4N4O2/c15-8-1-3-9(4-2-8)22-11(19)10(5-21-22)12(23)20-6-13(7-24-13)14(16,17)18/h1-5H,6-7,19H2,(H,20,23). The Hall–Kier alpha value is -2.62. The first-order valence-corrected chi connectivity index (χ1v) is 6.82. The van der Waals surface area contributed by atoms with Crippen LogP contribution < -0.4 is 11.1 Å². The third-order valence-electron chi connectivity index (χ3n) is 3.67. The van der Waals surface area contributed by atoms with Crippen molar-refractivity contribution in [2.24, 2.45) is 0 Å². The molecule has 1 aromatic carbocycles. The Kier molecular flexibility index (Phi) is 3.71. The molecule has 10 heteroatoms. The van der Waals surface area contributed by atoms with Gasteiger partial charge in [-0.15, -0.1) is 0 Å². The second-order valence-corrected chi connectivity index (χ2v) is 5.30. The van der Waals surface area contributed by atoms with Gasteiger partial charge in [-0.25, -0.2) is 9.07 Å². The number of ether oxygens (including phenoxy) is 1. The Morgan fingerprint density at radius 2 is 2.00 bits per heavy atom. The average molecular weight is 344 g/mol. The summed E-state index contributed by atoms with van der Waals surface area (Å²) in [6, 6.07) is 5.18. The lowest BCUT2D eigenvalue weighted by molar-refractivity contribution is -0.181. The Balaban J connectivity index is 1.74. The highest BCUT2D eigenvalue weighted by molar-refractivity contribution is 5.98. The van der Waals surface area contributed by atoms with Gasteiger partial charge in [0.15, 0.2) is 0 Å². The summed E-state index contributed by atoms with van der Waals surface area (Å²) in [5.41, 5.74) is 3.80. The van der Waals surface area contributed by atoms with Gasteiger partial charge in [-0.3, -0.25) is 4.79 Å². The van der Waals surface area contributed by atoms with Crippen LogP contribution >= 0.6 is 0 Å². The van der Waals surface area contributed by atoms with Gasteiger partial charge in [-0.2, -0.15) is 18.3 Å². The quantitative estimate of drug-likeness (QED) is 0.652. The number of hydrogen-bond donors (Lipinski definition) is 2. The molecule has 1 aliphatic heterocycles. The minimum atomic E-state index is -4.57. The summed E-state index contributed by atoms with van der Waals surface area (Å²) in [5.74, 6) is -1.33. The molecule has 3 rings (SSSR count). The fourth-order valence-electron chi connectivity index (χ4n) is 2.09. The number of aromatic nitrogens is 2. The Bertz CT molecular complexity index is 766. The van der Waals surface area contributed by atoms with Crippen molar-refractivity contribution in [1.82, 2.24) is 15.1 Å². The predicted octanol–water partition coefficient (Wildman–Crippen LogP) is 1.65. The van der Waals surface area contributed by atoms with Gasteiger partial charge in [0, 0.05) is 0 Å². The second-order valence-electron chi connectivity index (χ2n) is 5.30. The molecule has 2 heterocycles. The number of epoxide rings is 1. The number of halogens is 4. The van der Waals surface area contributed by atoms with E-state index in [9.17, 15) is 22.4 Å². The molecule has 1 atom stereocenters. The fraction of sp³-hybridized carbons (Fsp3) is 0.286. The SMILES string of the molecule is Nc1c(C(=O)NCC2(C(F)(F)F)CO2)cnn1-c1ccc(F)cc1. The molecule has 3 N–H and O–H groups in total. The van der Waals surface area contributed by atoms with Gasteiger partial charge in [-0.1, -0.05) is 0 Å². The largest absolute Gasteiger partial charge is 0.421 e. The Morgan fingerprint density at radius 1 is 1.38 bits per heavy atom. The summed E-state index contributed by atoms with van der Waals surface area (Å²) in [4.78, 5) is 12.0. The molecule has 0 radical (unpaired) electrons. The number of nitrogen functional groups attached to an aromatic ring is 1. The number of benzene rings is 1. The maximum Gasteiger partial charge on any atom is 0.421 e. The molecule has 1 saturated heterocycles. The molecule has 1 fully saturated rings. The molecule has 6 nitrogen and oxygen atoms in total. The van der Waals surface area contributed by atoms with Gasteiger partial charge in [0.25, 0.3) is 5.91 Å². The molecule has 1 aliphatic rings. The minimum Gasteiger partial charge on any atom is -0.383 e. The number of anilines is 1. The summed E-state index contributed by atoms with van der Waals surface area (Å²) >= 11 is 0. The first-order chi connectivity index (χ1) is 11.2. The van der Waals surface area contributed by atoms with E-state index in [1.165, 1.54) is 28.9 Å². The topological polar surface area (TPSA) is 85.5 Å². The zero-order valence-electron chi connectivity index (χ0n) is 12.1. The van der Waals surface area contributed by atoms with E-state index in [4.69, 9.17) is 5.73 Å². The van der Waals surface area contributed by atoms with E-state index in [-0.39, 0.29) is 11.4 Å². The normalized spacial score (nSPS) is 20.0. The van der Waals surface area contributed by atoms with Crippen molar-refractivity contribution in [1.29, 1.82) is 0 Å². The van der Waals surface area contributed by atoms with Crippen molar-refractivity contribution < 1.29 is 27.1 Å². The monoisotopic (exact) mass is 344 g/mol. The van der Waals surface area contributed by atoms with Crippen molar-refractivity contribution >= 4 is 11.7 Å². The minimum absolute atomic E-state index is 0.0723. The molecular weight excluding hydrogens is 332 g/mol. The lowest BCUT2D eigenvalue weighted by Crippen LogP contribution is -2.44. The van der Waals surface area contributed by atoms with Crippen LogP contribution in [0, 0.1) is 5.82 Å². The smallest absolute Gasteiger partial charge is 0.383 e. The first-order valence-electron chi connectivity index (χ1n) is 6.82. The molecule has 0 aliphatic carbocycles. The van der Waals surface area contributed by atoms with Crippen LogP contribution in [-0.4, -0.2) is 40.6 Å². The molecule has 0 spiro atoms. The number of alkyl halides is 3. The molecular formula is C14H12F4N4O2. The number of nitrogens with two attached hydrogens (primary N) is 1. The third-order valence-corrected chi connectivity index (χ3v) is 3.67. The number of nitrogens with zero attached hydrogens (tertiary/aromatic N) is 2. The summed E-state index contributed by atoms with van der Waals surface area (Å²) in [6.45, 7) is -1.21. The van der Waals surface area contributed by atoms with E-state index in [0.717, 1.165) is 6.20 Å². The number of hydrogen-bond acceptors (Lipinski definition) is 4. The van der Waals surface area contributed by atoms with Crippen LogP contribution in [0.1, 0.15) is 10.4 Å². The van der Waals surface area contributed by atoms with Crippen LogP contribution in [0.4, 0.5) is 23.4 Å². The molecule has 2 aromatic rings. The van der Waals surface area contributed by atoms with E-state index >= 15 is 0 Å². The Morgan fingerprint density at radius 3 is 2.54 bits per heavy atom. The van der Waals surface area contributed by atoms with Crippen LogP contribution in [0.15, 0.2) is 30.5 Å². The van der Waals surface area contributed by atoms with E-state index in [1.807, 2.05) is 0 Å². The van der Waals surface area contributed by atoms with Gasteiger partial charge in [0.1, 0.15) is 17.2 Å². The van der Waals surface area contributed by atoms with Gasteiger partial charge in [0.2, 0.25) is 5.60 Å². The average Bonchev–Trinajstić information content (AvgIpc) is 3.23. The van der Waals surface area contributed by atoms with Crippen LogP contribution in [-0.2, 0) is 4.74 Å². The maximum absolute atomic E-state index is 12.9. The van der Waals surface area contributed by atoms with Crippen molar-refractivity contribution in [2.45, 2.75) is 11.8 Å². The molecule has 0 bridgehead atoms. The molecule has 1 amide bonds. The van der Waals surface area contributed by atoms with E-state index in [0.29, 0.717) is 5.69 Å². The maximum atomic E-state index is 12.9. The Labute approximate surface area is 133 Å². The zero-order valence-corrected chi connectivity index (χ0v) is 12.1. The molecule has 24 heavy (non-hydrogen) atoms. The highest BCUT2D eigenvalue weighted by atomic mass is 19.4. The number of rotatable bonds is 4. The van der Waals surface area contributed by atoms with Crippen molar-refractivity contribution in [3.05, 3.63) is 41.8 Å². The third kappa shape index (κ3) is 2.80. The van der Waals surface area contributed by atoms with E-state index in [1.54, 1.807) is 0 Å². The van der Waals surface area contributed by atoms with Gasteiger partial charge < -0.3 is 15.8 Å².